The average Bonchev–Trinajstić information content (AvgIpc) is 2.97. The maximum atomic E-state index is 10.7. The Balaban J connectivity index is 2.12. The van der Waals surface area contributed by atoms with Gasteiger partial charge in [0.2, 0.25) is 0 Å². The maximum Gasteiger partial charge on any atom is 0.150 e. The Bertz CT molecular complexity index is 599. The predicted molar refractivity (Wildman–Crippen MR) is 77.8 cm³/mol. The normalized spacial score (nSPS) is 9.89. The summed E-state index contributed by atoms with van der Waals surface area (Å²) in [5.41, 5.74) is 1.94. The maximum absolute atomic E-state index is 10.7. The van der Waals surface area contributed by atoms with E-state index in [9.17, 15) is 4.79 Å². The molecule has 0 unspecified atom stereocenters. The number of hydrogen-bond acceptors (Lipinski definition) is 4. The van der Waals surface area contributed by atoms with Crippen LogP contribution in [0.25, 0.3) is 0 Å². The second-order valence-corrected chi connectivity index (χ2v) is 5.29. The number of aldehydes is 1. The van der Waals surface area contributed by atoms with Crippen LogP contribution in [0.15, 0.2) is 35.7 Å². The molecule has 0 aliphatic carbocycles. The molecular formula is C15H14N2OS. The van der Waals surface area contributed by atoms with Crippen LogP contribution in [-0.4, -0.2) is 19.9 Å². The standard InChI is InChI=1S/C15H14N2OS/c1-17(7-6-14-3-2-8-19-14)15-5-4-12(11-18)9-13(15)10-16/h2-5,8-9,11H,6-7H2,1H3. The van der Waals surface area contributed by atoms with Gasteiger partial charge in [0.05, 0.1) is 11.3 Å². The fourth-order valence-electron chi connectivity index (χ4n) is 1.90. The largest absolute Gasteiger partial charge is 0.373 e. The molecule has 1 aromatic carbocycles. The molecule has 0 aliphatic rings. The van der Waals surface area contributed by atoms with Crippen molar-refractivity contribution in [2.45, 2.75) is 6.42 Å². The first-order valence-corrected chi connectivity index (χ1v) is 6.85. The second-order valence-electron chi connectivity index (χ2n) is 4.26. The minimum Gasteiger partial charge on any atom is -0.373 e. The van der Waals surface area contributed by atoms with Gasteiger partial charge in [-0.25, -0.2) is 0 Å². The lowest BCUT2D eigenvalue weighted by atomic mass is 10.1. The molecule has 0 bridgehead atoms. The molecule has 2 aromatic rings. The van der Waals surface area contributed by atoms with Gasteiger partial charge in [-0.2, -0.15) is 5.26 Å². The minimum atomic E-state index is 0.534. The lowest BCUT2D eigenvalue weighted by molar-refractivity contribution is 0.112. The van der Waals surface area contributed by atoms with Crippen molar-refractivity contribution in [3.8, 4) is 6.07 Å². The second kappa shape index (κ2) is 6.17. The molecule has 0 saturated heterocycles. The molecule has 3 nitrogen and oxygen atoms in total. The van der Waals surface area contributed by atoms with Crippen molar-refractivity contribution >= 4 is 23.3 Å². The molecule has 0 aliphatic heterocycles. The Morgan fingerprint density at radius 1 is 1.42 bits per heavy atom. The predicted octanol–water partition coefficient (Wildman–Crippen LogP) is 3.11. The summed E-state index contributed by atoms with van der Waals surface area (Å²) in [6.45, 7) is 0.843. The highest BCUT2D eigenvalue weighted by Crippen LogP contribution is 2.20. The number of likely N-dealkylation sites (N-methyl/N-ethyl adjacent to an activating group) is 1. The number of rotatable bonds is 5. The number of carbonyl (C=O) groups is 1. The van der Waals surface area contributed by atoms with Crippen molar-refractivity contribution < 1.29 is 4.79 Å². The molecule has 2 rings (SSSR count). The summed E-state index contributed by atoms with van der Waals surface area (Å²) in [4.78, 5) is 14.1. The van der Waals surface area contributed by atoms with E-state index in [0.717, 1.165) is 24.9 Å². The number of hydrogen-bond donors (Lipinski definition) is 0. The van der Waals surface area contributed by atoms with Gasteiger partial charge in [-0.15, -0.1) is 11.3 Å². The number of benzene rings is 1. The molecule has 0 fully saturated rings. The first-order chi connectivity index (χ1) is 9.24. The molecule has 0 radical (unpaired) electrons. The van der Waals surface area contributed by atoms with Crippen LogP contribution in [0.4, 0.5) is 5.69 Å². The average molecular weight is 270 g/mol. The molecular weight excluding hydrogens is 256 g/mol. The van der Waals surface area contributed by atoms with E-state index in [4.69, 9.17) is 5.26 Å². The van der Waals surface area contributed by atoms with Gasteiger partial charge in [0.25, 0.3) is 0 Å². The Labute approximate surface area is 116 Å². The Hall–Kier alpha value is -2.12. The fraction of sp³-hybridized carbons (Fsp3) is 0.200. The van der Waals surface area contributed by atoms with Crippen molar-refractivity contribution in [1.29, 1.82) is 5.26 Å². The van der Waals surface area contributed by atoms with Crippen LogP contribution in [-0.2, 0) is 6.42 Å². The van der Waals surface area contributed by atoms with Gasteiger partial charge in [0, 0.05) is 24.0 Å². The smallest absolute Gasteiger partial charge is 0.150 e. The van der Waals surface area contributed by atoms with Gasteiger partial charge in [-0.05, 0) is 36.1 Å². The molecule has 0 amide bonds. The molecule has 0 spiro atoms. The van der Waals surface area contributed by atoms with Gasteiger partial charge in [-0.3, -0.25) is 4.79 Å². The summed E-state index contributed by atoms with van der Waals surface area (Å²) in [6, 6.07) is 11.5. The summed E-state index contributed by atoms with van der Waals surface area (Å²) in [5, 5.41) is 11.2. The lowest BCUT2D eigenvalue weighted by Gasteiger charge is -2.20. The van der Waals surface area contributed by atoms with Gasteiger partial charge in [0.15, 0.2) is 0 Å². The first-order valence-electron chi connectivity index (χ1n) is 5.97. The third kappa shape index (κ3) is 3.21. The molecule has 19 heavy (non-hydrogen) atoms. The first kappa shape index (κ1) is 13.3. The molecule has 0 saturated carbocycles. The van der Waals surface area contributed by atoms with Gasteiger partial charge in [-0.1, -0.05) is 6.07 Å². The Kier molecular flexibility index (Phi) is 4.32. The molecule has 0 atom stereocenters. The van der Waals surface area contributed by atoms with Gasteiger partial charge in [0.1, 0.15) is 12.4 Å². The quantitative estimate of drug-likeness (QED) is 0.784. The van der Waals surface area contributed by atoms with E-state index in [2.05, 4.69) is 17.5 Å². The van der Waals surface area contributed by atoms with E-state index in [1.807, 2.05) is 24.1 Å². The molecule has 1 aromatic heterocycles. The number of nitrogens with zero attached hydrogens (tertiary/aromatic N) is 2. The van der Waals surface area contributed by atoms with Gasteiger partial charge < -0.3 is 4.90 Å². The van der Waals surface area contributed by atoms with E-state index in [1.54, 1.807) is 23.5 Å². The summed E-state index contributed by atoms with van der Waals surface area (Å²) in [5.74, 6) is 0. The zero-order valence-corrected chi connectivity index (χ0v) is 11.5. The molecule has 4 heteroatoms. The summed E-state index contributed by atoms with van der Waals surface area (Å²) in [6.07, 6.45) is 1.71. The third-order valence-electron chi connectivity index (χ3n) is 2.96. The highest BCUT2D eigenvalue weighted by atomic mass is 32.1. The van der Waals surface area contributed by atoms with Crippen LogP contribution in [0.3, 0.4) is 0 Å². The van der Waals surface area contributed by atoms with E-state index < -0.39 is 0 Å². The van der Waals surface area contributed by atoms with Crippen molar-refractivity contribution in [3.63, 3.8) is 0 Å². The number of thiophene rings is 1. The van der Waals surface area contributed by atoms with Crippen molar-refractivity contribution in [1.82, 2.24) is 0 Å². The minimum absolute atomic E-state index is 0.534. The fourth-order valence-corrected chi connectivity index (χ4v) is 2.60. The van der Waals surface area contributed by atoms with Crippen LogP contribution < -0.4 is 4.90 Å². The van der Waals surface area contributed by atoms with Crippen LogP contribution in [0.5, 0.6) is 0 Å². The molecule has 1 heterocycles. The zero-order valence-electron chi connectivity index (χ0n) is 10.7. The SMILES string of the molecule is CN(CCc1cccs1)c1ccc(C=O)cc1C#N. The molecule has 96 valence electrons. The van der Waals surface area contributed by atoms with E-state index in [0.29, 0.717) is 11.1 Å². The highest BCUT2D eigenvalue weighted by molar-refractivity contribution is 7.09. The van der Waals surface area contributed by atoms with Crippen LogP contribution in [0, 0.1) is 11.3 Å². The van der Waals surface area contributed by atoms with E-state index >= 15 is 0 Å². The summed E-state index contributed by atoms with van der Waals surface area (Å²) >= 11 is 1.74. The van der Waals surface area contributed by atoms with Crippen LogP contribution >= 0.6 is 11.3 Å². The zero-order chi connectivity index (χ0) is 13.7. The Morgan fingerprint density at radius 3 is 2.89 bits per heavy atom. The van der Waals surface area contributed by atoms with Crippen molar-refractivity contribution in [3.05, 3.63) is 51.7 Å². The van der Waals surface area contributed by atoms with Crippen LogP contribution in [0.2, 0.25) is 0 Å². The van der Waals surface area contributed by atoms with Crippen molar-refractivity contribution in [2.24, 2.45) is 0 Å². The summed E-state index contributed by atoms with van der Waals surface area (Å²) in [7, 11) is 1.96. The Morgan fingerprint density at radius 2 is 2.26 bits per heavy atom. The van der Waals surface area contributed by atoms with E-state index in [-0.39, 0.29) is 0 Å². The number of carbonyl (C=O) groups excluding carboxylic acids is 1. The van der Waals surface area contributed by atoms with Crippen LogP contribution in [0.1, 0.15) is 20.8 Å². The highest BCUT2D eigenvalue weighted by Gasteiger charge is 2.08. The van der Waals surface area contributed by atoms with Crippen molar-refractivity contribution in [2.75, 3.05) is 18.5 Å². The van der Waals surface area contributed by atoms with E-state index in [1.165, 1.54) is 4.88 Å². The lowest BCUT2D eigenvalue weighted by Crippen LogP contribution is -2.21. The summed E-state index contributed by atoms with van der Waals surface area (Å²) < 4.78 is 0. The third-order valence-corrected chi connectivity index (χ3v) is 3.90. The topological polar surface area (TPSA) is 44.1 Å². The van der Waals surface area contributed by atoms with Gasteiger partial charge >= 0.3 is 0 Å². The number of anilines is 1. The monoisotopic (exact) mass is 270 g/mol. The number of nitriles is 1. The molecule has 0 N–H and O–H groups in total.